The number of ether oxygens (including phenoxy) is 1. The first-order valence-electron chi connectivity index (χ1n) is 8.90. The molecule has 2 aromatic heterocycles. The first-order valence-corrected chi connectivity index (χ1v) is 10.5. The average molecular weight is 456 g/mol. The summed E-state index contributed by atoms with van der Waals surface area (Å²) in [4.78, 5) is 17.8. The van der Waals surface area contributed by atoms with Crippen molar-refractivity contribution in [3.05, 3.63) is 73.5 Å². The highest BCUT2D eigenvalue weighted by molar-refractivity contribution is 9.10. The Morgan fingerprint density at radius 1 is 1.21 bits per heavy atom. The largest absolute Gasteiger partial charge is 0.493 e. The Kier molecular flexibility index (Phi) is 5.28. The molecule has 4 aromatic rings. The van der Waals surface area contributed by atoms with Crippen LogP contribution in [0.4, 0.5) is 0 Å². The molecule has 0 amide bonds. The van der Waals surface area contributed by atoms with Gasteiger partial charge in [0.25, 0.3) is 5.56 Å². The van der Waals surface area contributed by atoms with Gasteiger partial charge in [-0.1, -0.05) is 53.2 Å². The van der Waals surface area contributed by atoms with Gasteiger partial charge in [-0.2, -0.15) is 9.50 Å². The maximum atomic E-state index is 12.7. The summed E-state index contributed by atoms with van der Waals surface area (Å²) < 4.78 is 8.65. The van der Waals surface area contributed by atoms with Crippen molar-refractivity contribution in [2.24, 2.45) is 5.92 Å². The Morgan fingerprint density at radius 2 is 2.00 bits per heavy atom. The molecule has 0 saturated heterocycles. The number of aromatic nitrogens is 3. The monoisotopic (exact) mass is 455 g/mol. The number of hydrogen-bond donors (Lipinski definition) is 0. The fourth-order valence-electron chi connectivity index (χ4n) is 2.67. The molecule has 0 spiro atoms. The summed E-state index contributed by atoms with van der Waals surface area (Å²) in [5.74, 6) is 1.82. The zero-order chi connectivity index (χ0) is 19.7. The fraction of sp³-hybridized carbons (Fsp3) is 0.190. The highest BCUT2D eigenvalue weighted by atomic mass is 79.9. The lowest BCUT2D eigenvalue weighted by atomic mass is 10.2. The third kappa shape index (κ3) is 4.00. The second-order valence-corrected chi connectivity index (χ2v) is 8.75. The van der Waals surface area contributed by atoms with E-state index in [1.54, 1.807) is 0 Å². The van der Waals surface area contributed by atoms with Crippen molar-refractivity contribution in [3.63, 3.8) is 0 Å². The number of fused-ring (bicyclic) bond motifs is 1. The number of benzene rings is 2. The van der Waals surface area contributed by atoms with Crippen LogP contribution in [-0.4, -0.2) is 21.2 Å². The molecule has 0 aliphatic rings. The van der Waals surface area contributed by atoms with Crippen LogP contribution in [0.15, 0.2) is 57.8 Å². The molecule has 4 rings (SSSR count). The number of nitrogens with zero attached hydrogens (tertiary/aromatic N) is 3. The molecule has 0 unspecified atom stereocenters. The first kappa shape index (κ1) is 18.8. The third-order valence-electron chi connectivity index (χ3n) is 4.02. The quantitative estimate of drug-likeness (QED) is 0.453. The van der Waals surface area contributed by atoms with Crippen LogP contribution in [0.1, 0.15) is 19.4 Å². The third-order valence-corrected chi connectivity index (χ3v) is 5.48. The van der Waals surface area contributed by atoms with Crippen molar-refractivity contribution < 1.29 is 4.74 Å². The molecule has 7 heteroatoms. The summed E-state index contributed by atoms with van der Waals surface area (Å²) in [7, 11) is 0. The Labute approximate surface area is 174 Å². The fourth-order valence-corrected chi connectivity index (χ4v) is 3.99. The highest BCUT2D eigenvalue weighted by Crippen LogP contribution is 2.21. The van der Waals surface area contributed by atoms with E-state index < -0.39 is 0 Å². The minimum atomic E-state index is -0.157. The van der Waals surface area contributed by atoms with Crippen molar-refractivity contribution in [2.75, 3.05) is 6.61 Å². The molecule has 28 heavy (non-hydrogen) atoms. The Balaban J connectivity index is 1.64. The SMILES string of the molecule is CC(C)COc1ccc(-c2nc3sc(=Cc4cccc(Br)c4)c(=O)n3n2)cc1. The van der Waals surface area contributed by atoms with Crippen molar-refractivity contribution >= 4 is 38.3 Å². The summed E-state index contributed by atoms with van der Waals surface area (Å²) in [5, 5.41) is 4.40. The van der Waals surface area contributed by atoms with Crippen LogP contribution in [0.25, 0.3) is 22.4 Å². The zero-order valence-corrected chi connectivity index (χ0v) is 17.8. The van der Waals surface area contributed by atoms with Gasteiger partial charge in [-0.15, -0.1) is 5.10 Å². The molecular weight excluding hydrogens is 438 g/mol. The van der Waals surface area contributed by atoms with Gasteiger partial charge >= 0.3 is 0 Å². The maximum absolute atomic E-state index is 12.7. The minimum Gasteiger partial charge on any atom is -0.493 e. The molecule has 2 aromatic carbocycles. The van der Waals surface area contributed by atoms with Crippen LogP contribution in [0, 0.1) is 5.92 Å². The highest BCUT2D eigenvalue weighted by Gasteiger charge is 2.12. The molecule has 142 valence electrons. The van der Waals surface area contributed by atoms with Gasteiger partial charge in [-0.05, 0) is 54.0 Å². The summed E-state index contributed by atoms with van der Waals surface area (Å²) >= 11 is 4.78. The molecule has 0 radical (unpaired) electrons. The standard InChI is InChI=1S/C21H18BrN3O2S/c1-13(2)12-27-17-8-6-15(7-9-17)19-23-21-25(24-19)20(26)18(28-21)11-14-4-3-5-16(22)10-14/h3-11,13H,12H2,1-2H3. The summed E-state index contributed by atoms with van der Waals surface area (Å²) in [6.45, 7) is 4.90. The predicted octanol–water partition coefficient (Wildman–Crippen LogP) is 4.16. The molecule has 5 nitrogen and oxygen atoms in total. The number of thiazole rings is 1. The van der Waals surface area contributed by atoms with Crippen molar-refractivity contribution in [2.45, 2.75) is 13.8 Å². The van der Waals surface area contributed by atoms with E-state index in [2.05, 4.69) is 39.9 Å². The lowest BCUT2D eigenvalue weighted by molar-refractivity contribution is 0.271. The Bertz CT molecular complexity index is 1230. The topological polar surface area (TPSA) is 56.5 Å². The van der Waals surface area contributed by atoms with Crippen LogP contribution in [0.5, 0.6) is 5.75 Å². The summed E-state index contributed by atoms with van der Waals surface area (Å²) in [6.07, 6.45) is 1.86. The Morgan fingerprint density at radius 3 is 2.68 bits per heavy atom. The first-order chi connectivity index (χ1) is 13.5. The normalized spacial score (nSPS) is 12.2. The van der Waals surface area contributed by atoms with Gasteiger partial charge in [0, 0.05) is 10.0 Å². The molecule has 0 aliphatic carbocycles. The predicted molar refractivity (Wildman–Crippen MR) is 116 cm³/mol. The second-order valence-electron chi connectivity index (χ2n) is 6.83. The zero-order valence-electron chi connectivity index (χ0n) is 15.4. The molecule has 0 atom stereocenters. The molecule has 0 saturated carbocycles. The van der Waals surface area contributed by atoms with Gasteiger partial charge in [0.15, 0.2) is 5.82 Å². The van der Waals surface area contributed by atoms with Crippen LogP contribution in [-0.2, 0) is 0 Å². The molecular formula is C21H18BrN3O2S. The molecule has 0 fully saturated rings. The Hall–Kier alpha value is -2.51. The lowest BCUT2D eigenvalue weighted by Gasteiger charge is -2.08. The smallest absolute Gasteiger partial charge is 0.291 e. The van der Waals surface area contributed by atoms with Crippen molar-refractivity contribution in [1.82, 2.24) is 14.6 Å². The maximum Gasteiger partial charge on any atom is 0.291 e. The van der Waals surface area contributed by atoms with E-state index in [0.717, 1.165) is 21.3 Å². The van der Waals surface area contributed by atoms with Crippen molar-refractivity contribution in [1.29, 1.82) is 0 Å². The van der Waals surface area contributed by atoms with Crippen LogP contribution >= 0.6 is 27.3 Å². The van der Waals surface area contributed by atoms with Gasteiger partial charge in [-0.3, -0.25) is 4.79 Å². The number of hydrogen-bond acceptors (Lipinski definition) is 5. The van der Waals surface area contributed by atoms with Gasteiger partial charge < -0.3 is 4.74 Å². The van der Waals surface area contributed by atoms with Gasteiger partial charge in [-0.25, -0.2) is 0 Å². The van der Waals surface area contributed by atoms with E-state index >= 15 is 0 Å². The van der Waals surface area contributed by atoms with E-state index in [-0.39, 0.29) is 5.56 Å². The van der Waals surface area contributed by atoms with Gasteiger partial charge in [0.05, 0.1) is 11.1 Å². The van der Waals surface area contributed by atoms with Gasteiger partial charge in [0.1, 0.15) is 5.75 Å². The molecule has 0 bridgehead atoms. The number of halogens is 1. The summed E-state index contributed by atoms with van der Waals surface area (Å²) in [6, 6.07) is 15.4. The van der Waals surface area contributed by atoms with Crippen LogP contribution < -0.4 is 14.8 Å². The molecule has 0 aliphatic heterocycles. The van der Waals surface area contributed by atoms with E-state index in [0.29, 0.717) is 27.8 Å². The minimum absolute atomic E-state index is 0.157. The molecule has 0 N–H and O–H groups in total. The van der Waals surface area contributed by atoms with Crippen molar-refractivity contribution in [3.8, 4) is 17.1 Å². The second kappa shape index (κ2) is 7.85. The van der Waals surface area contributed by atoms with Gasteiger partial charge in [0.2, 0.25) is 4.96 Å². The average Bonchev–Trinajstić information content (AvgIpc) is 3.20. The van der Waals surface area contributed by atoms with E-state index in [1.807, 2.05) is 54.6 Å². The van der Waals surface area contributed by atoms with Crippen LogP contribution in [0.2, 0.25) is 0 Å². The number of rotatable bonds is 5. The van der Waals surface area contributed by atoms with E-state index in [4.69, 9.17) is 4.74 Å². The molecule has 2 heterocycles. The van der Waals surface area contributed by atoms with E-state index in [1.165, 1.54) is 15.9 Å². The van der Waals surface area contributed by atoms with E-state index in [9.17, 15) is 4.79 Å². The summed E-state index contributed by atoms with van der Waals surface area (Å²) in [5.41, 5.74) is 1.65. The van der Waals surface area contributed by atoms with Crippen LogP contribution in [0.3, 0.4) is 0 Å². The lowest BCUT2D eigenvalue weighted by Crippen LogP contribution is -2.23.